The van der Waals surface area contributed by atoms with E-state index in [1.165, 1.54) is 22.5 Å². The predicted molar refractivity (Wildman–Crippen MR) is 137 cm³/mol. The SMILES string of the molecule is CC1CC1CNc1cc(CNCC(C)(N)Cc2ccccc2)cc(N(C(C)C)S(C)(=O)=O)n1. The minimum absolute atomic E-state index is 0.231. The van der Waals surface area contributed by atoms with Crippen LogP contribution < -0.4 is 20.7 Å². The van der Waals surface area contributed by atoms with Crippen molar-refractivity contribution in [1.82, 2.24) is 10.3 Å². The molecule has 7 nitrogen and oxygen atoms in total. The average molecular weight is 474 g/mol. The molecular formula is C25H39N5O2S. The lowest BCUT2D eigenvalue weighted by atomic mass is 9.94. The molecule has 0 bridgehead atoms. The van der Waals surface area contributed by atoms with E-state index in [0.717, 1.165) is 24.4 Å². The van der Waals surface area contributed by atoms with Gasteiger partial charge in [0, 0.05) is 31.2 Å². The van der Waals surface area contributed by atoms with Crippen molar-refractivity contribution in [1.29, 1.82) is 0 Å². The third-order valence-corrected chi connectivity index (χ3v) is 7.38. The summed E-state index contributed by atoms with van der Waals surface area (Å²) in [4.78, 5) is 4.64. The molecule has 0 aliphatic heterocycles. The van der Waals surface area contributed by atoms with Gasteiger partial charge in [-0.15, -0.1) is 0 Å². The van der Waals surface area contributed by atoms with Gasteiger partial charge in [0.25, 0.3) is 0 Å². The molecule has 3 unspecified atom stereocenters. The summed E-state index contributed by atoms with van der Waals surface area (Å²) in [5, 5.41) is 6.88. The minimum Gasteiger partial charge on any atom is -0.370 e. The van der Waals surface area contributed by atoms with E-state index in [1.807, 2.05) is 51.1 Å². The first-order valence-corrected chi connectivity index (χ1v) is 13.6. The van der Waals surface area contributed by atoms with Gasteiger partial charge in [-0.1, -0.05) is 37.3 Å². The summed E-state index contributed by atoms with van der Waals surface area (Å²) in [7, 11) is -3.45. The lowest BCUT2D eigenvalue weighted by Crippen LogP contribution is -2.47. The van der Waals surface area contributed by atoms with E-state index in [9.17, 15) is 8.42 Å². The Hall–Kier alpha value is -2.16. The Kier molecular flexibility index (Phi) is 8.03. The molecule has 0 spiro atoms. The largest absolute Gasteiger partial charge is 0.370 e. The zero-order valence-corrected chi connectivity index (χ0v) is 21.3. The molecule has 1 aliphatic carbocycles. The van der Waals surface area contributed by atoms with Crippen LogP contribution in [0.5, 0.6) is 0 Å². The summed E-state index contributed by atoms with van der Waals surface area (Å²) >= 11 is 0. The van der Waals surface area contributed by atoms with E-state index in [2.05, 4.69) is 34.7 Å². The first kappa shape index (κ1) is 25.5. The van der Waals surface area contributed by atoms with Crippen LogP contribution in [0.4, 0.5) is 11.6 Å². The number of nitrogens with zero attached hydrogens (tertiary/aromatic N) is 2. The summed E-state index contributed by atoms with van der Waals surface area (Å²) in [6.07, 6.45) is 3.21. The van der Waals surface area contributed by atoms with Crippen molar-refractivity contribution in [3.63, 3.8) is 0 Å². The molecule has 182 valence electrons. The Morgan fingerprint density at radius 1 is 1.21 bits per heavy atom. The number of benzene rings is 1. The first-order chi connectivity index (χ1) is 15.4. The number of nitrogens with one attached hydrogen (secondary N) is 2. The van der Waals surface area contributed by atoms with E-state index in [1.54, 1.807) is 0 Å². The maximum absolute atomic E-state index is 12.5. The summed E-state index contributed by atoms with van der Waals surface area (Å²) in [5.41, 5.74) is 8.31. The molecule has 3 rings (SSSR count). The lowest BCUT2D eigenvalue weighted by molar-refractivity contribution is 0.426. The second-order valence-corrected chi connectivity index (χ2v) is 12.0. The van der Waals surface area contributed by atoms with E-state index < -0.39 is 15.6 Å². The molecule has 0 saturated heterocycles. The molecule has 8 heteroatoms. The van der Waals surface area contributed by atoms with Crippen LogP contribution in [0.25, 0.3) is 0 Å². The summed E-state index contributed by atoms with van der Waals surface area (Å²) < 4.78 is 26.3. The van der Waals surface area contributed by atoms with E-state index in [-0.39, 0.29) is 6.04 Å². The van der Waals surface area contributed by atoms with Crippen LogP contribution >= 0.6 is 0 Å². The van der Waals surface area contributed by atoms with Crippen molar-refractivity contribution >= 4 is 21.7 Å². The maximum Gasteiger partial charge on any atom is 0.233 e. The highest BCUT2D eigenvalue weighted by molar-refractivity contribution is 7.92. The molecule has 2 aromatic rings. The monoisotopic (exact) mass is 473 g/mol. The Morgan fingerprint density at radius 2 is 1.88 bits per heavy atom. The normalized spacial score (nSPS) is 19.8. The van der Waals surface area contributed by atoms with Crippen LogP contribution in [-0.4, -0.2) is 44.3 Å². The van der Waals surface area contributed by atoms with Gasteiger partial charge in [-0.2, -0.15) is 0 Å². The Bertz CT molecular complexity index is 1020. The number of sulfonamides is 1. The van der Waals surface area contributed by atoms with Crippen molar-refractivity contribution < 1.29 is 8.42 Å². The highest BCUT2D eigenvalue weighted by Crippen LogP contribution is 2.37. The first-order valence-electron chi connectivity index (χ1n) is 11.7. The minimum atomic E-state index is -3.45. The molecule has 1 aliphatic rings. The van der Waals surface area contributed by atoms with Crippen LogP contribution in [0, 0.1) is 11.8 Å². The zero-order valence-electron chi connectivity index (χ0n) is 20.5. The van der Waals surface area contributed by atoms with E-state index in [4.69, 9.17) is 5.73 Å². The predicted octanol–water partition coefficient (Wildman–Crippen LogP) is 3.37. The molecule has 1 fully saturated rings. The number of nitrogens with two attached hydrogens (primary N) is 1. The Labute approximate surface area is 199 Å². The van der Waals surface area contributed by atoms with Gasteiger partial charge < -0.3 is 16.4 Å². The Balaban J connectivity index is 1.73. The summed E-state index contributed by atoms with van der Waals surface area (Å²) in [5.74, 6) is 2.54. The zero-order chi connectivity index (χ0) is 24.2. The molecule has 3 atom stereocenters. The van der Waals surface area contributed by atoms with Gasteiger partial charge in [0.1, 0.15) is 11.6 Å². The summed E-state index contributed by atoms with van der Waals surface area (Å²) in [6, 6.07) is 13.8. The molecule has 1 saturated carbocycles. The molecule has 1 aromatic carbocycles. The third-order valence-electron chi connectivity index (χ3n) is 6.05. The molecule has 1 heterocycles. The maximum atomic E-state index is 12.5. The van der Waals surface area contributed by atoms with Gasteiger partial charge in [-0.25, -0.2) is 13.4 Å². The topological polar surface area (TPSA) is 100 Å². The fraction of sp³-hybridized carbons (Fsp3) is 0.560. The second-order valence-electron chi connectivity index (χ2n) is 10.1. The second kappa shape index (κ2) is 10.4. The van der Waals surface area contributed by atoms with Crippen molar-refractivity contribution in [3.8, 4) is 0 Å². The number of aromatic nitrogens is 1. The summed E-state index contributed by atoms with van der Waals surface area (Å²) in [6.45, 7) is 10.0. The van der Waals surface area contributed by atoms with Gasteiger partial charge in [-0.3, -0.25) is 4.31 Å². The average Bonchev–Trinajstić information content (AvgIpc) is 3.40. The fourth-order valence-corrected chi connectivity index (χ4v) is 5.43. The van der Waals surface area contributed by atoms with Gasteiger partial charge >= 0.3 is 0 Å². The fourth-order valence-electron chi connectivity index (χ4n) is 4.23. The van der Waals surface area contributed by atoms with Crippen molar-refractivity contribution in [2.45, 2.75) is 58.7 Å². The molecule has 0 radical (unpaired) electrons. The smallest absolute Gasteiger partial charge is 0.233 e. The van der Waals surface area contributed by atoms with Gasteiger partial charge in [0.2, 0.25) is 10.0 Å². The number of rotatable bonds is 12. The van der Waals surface area contributed by atoms with Crippen molar-refractivity contribution in [2.75, 3.05) is 29.0 Å². The third kappa shape index (κ3) is 7.69. The Morgan fingerprint density at radius 3 is 2.45 bits per heavy atom. The van der Waals surface area contributed by atoms with Crippen molar-refractivity contribution in [2.24, 2.45) is 17.6 Å². The van der Waals surface area contributed by atoms with Crippen LogP contribution in [0.15, 0.2) is 42.5 Å². The van der Waals surface area contributed by atoms with Gasteiger partial charge in [0.15, 0.2) is 0 Å². The molecule has 4 N–H and O–H groups in total. The molecule has 33 heavy (non-hydrogen) atoms. The van der Waals surface area contributed by atoms with E-state index >= 15 is 0 Å². The van der Waals surface area contributed by atoms with Crippen LogP contribution in [0.1, 0.15) is 45.2 Å². The standard InChI is InChI=1S/C25H39N5O2S/c1-18(2)30(33(5,31)32)24-13-21(12-23(29-24)28-16-22-11-19(22)3)15-27-17-25(4,26)14-20-9-7-6-8-10-20/h6-10,12-13,18-19,22,27H,11,14-17,26H2,1-5H3,(H,28,29). The highest BCUT2D eigenvalue weighted by atomic mass is 32.2. The highest BCUT2D eigenvalue weighted by Gasteiger charge is 2.32. The molecule has 1 aromatic heterocycles. The number of pyridine rings is 1. The number of hydrogen-bond donors (Lipinski definition) is 3. The number of anilines is 2. The lowest BCUT2D eigenvalue weighted by Gasteiger charge is -2.27. The van der Waals surface area contributed by atoms with Crippen LogP contribution in [0.2, 0.25) is 0 Å². The van der Waals surface area contributed by atoms with Crippen molar-refractivity contribution in [3.05, 3.63) is 53.6 Å². The van der Waals surface area contributed by atoms with Crippen LogP contribution in [-0.2, 0) is 23.0 Å². The van der Waals surface area contributed by atoms with Gasteiger partial charge in [-0.05, 0) is 68.7 Å². The van der Waals surface area contributed by atoms with Crippen LogP contribution in [0.3, 0.4) is 0 Å². The molecule has 0 amide bonds. The number of hydrogen-bond acceptors (Lipinski definition) is 6. The molecular weight excluding hydrogens is 434 g/mol. The quantitative estimate of drug-likeness (QED) is 0.437. The van der Waals surface area contributed by atoms with Gasteiger partial charge in [0.05, 0.1) is 6.26 Å². The van der Waals surface area contributed by atoms with E-state index in [0.29, 0.717) is 30.6 Å².